The molecule has 2 aliphatic heterocycles. The predicted octanol–water partition coefficient (Wildman–Crippen LogP) is 3.57. The van der Waals surface area contributed by atoms with E-state index >= 15 is 0 Å². The lowest BCUT2D eigenvalue weighted by molar-refractivity contribution is 0.0728. The third kappa shape index (κ3) is 5.26. The first-order chi connectivity index (χ1) is 16.7. The number of carbonyl (C=O) groups is 1. The summed E-state index contributed by atoms with van der Waals surface area (Å²) in [7, 11) is 0. The fourth-order valence-electron chi connectivity index (χ4n) is 4.61. The highest BCUT2D eigenvalue weighted by Crippen LogP contribution is 2.26. The van der Waals surface area contributed by atoms with E-state index in [0.717, 1.165) is 56.3 Å². The molecule has 0 radical (unpaired) electrons. The van der Waals surface area contributed by atoms with Crippen LogP contribution in [0.5, 0.6) is 5.75 Å². The minimum Gasteiger partial charge on any atom is -0.491 e. The Morgan fingerprint density at radius 3 is 2.44 bits per heavy atom. The maximum atomic E-state index is 14.2. The lowest BCUT2D eigenvalue weighted by Crippen LogP contribution is -2.45. The monoisotopic (exact) mass is 460 g/mol. The van der Waals surface area contributed by atoms with Gasteiger partial charge in [-0.15, -0.1) is 0 Å². The highest BCUT2D eigenvalue weighted by Gasteiger charge is 2.24. The van der Waals surface area contributed by atoms with E-state index < -0.39 is 5.82 Å². The van der Waals surface area contributed by atoms with Gasteiger partial charge in [0.2, 0.25) is 0 Å². The maximum absolute atomic E-state index is 14.2. The normalized spacial score (nSPS) is 17.0. The third-order valence-electron chi connectivity index (χ3n) is 6.48. The number of aromatic nitrogens is 1. The number of nitrogens with zero attached hydrogens (tertiary/aromatic N) is 4. The van der Waals surface area contributed by atoms with E-state index in [1.807, 2.05) is 24.4 Å². The van der Waals surface area contributed by atoms with Gasteiger partial charge in [-0.3, -0.25) is 19.6 Å². The molecule has 1 aromatic heterocycles. The Morgan fingerprint density at radius 2 is 1.68 bits per heavy atom. The number of hydrogen-bond acceptors (Lipinski definition) is 5. The number of benzene rings is 2. The van der Waals surface area contributed by atoms with Crippen LogP contribution in [0.2, 0.25) is 0 Å². The van der Waals surface area contributed by atoms with Gasteiger partial charge in [0, 0.05) is 57.6 Å². The number of fused-ring (bicyclic) bond motifs is 1. The van der Waals surface area contributed by atoms with Gasteiger partial charge < -0.3 is 9.64 Å². The molecule has 0 atom stereocenters. The Hall–Kier alpha value is -3.29. The minimum absolute atomic E-state index is 0.102. The number of hydrogen-bond donors (Lipinski definition) is 0. The van der Waals surface area contributed by atoms with E-state index in [4.69, 9.17) is 4.74 Å². The summed E-state index contributed by atoms with van der Waals surface area (Å²) in [6.45, 7) is 6.98. The van der Waals surface area contributed by atoms with Gasteiger partial charge >= 0.3 is 0 Å². The molecule has 3 aromatic rings. The molecule has 34 heavy (non-hydrogen) atoms. The molecule has 176 valence electrons. The Kier molecular flexibility index (Phi) is 6.83. The van der Waals surface area contributed by atoms with E-state index in [0.29, 0.717) is 19.7 Å². The minimum atomic E-state index is -0.492. The molecule has 1 saturated heterocycles. The molecule has 1 amide bonds. The number of amides is 1. The van der Waals surface area contributed by atoms with Gasteiger partial charge in [0.15, 0.2) is 0 Å². The van der Waals surface area contributed by atoms with Crippen LogP contribution in [0.3, 0.4) is 0 Å². The van der Waals surface area contributed by atoms with Crippen LogP contribution in [0.1, 0.15) is 27.2 Å². The molecular weight excluding hydrogens is 431 g/mol. The predicted molar refractivity (Wildman–Crippen MR) is 128 cm³/mol. The molecule has 1 fully saturated rings. The summed E-state index contributed by atoms with van der Waals surface area (Å²) in [5.41, 5.74) is 3.37. The van der Waals surface area contributed by atoms with Crippen LogP contribution < -0.4 is 4.74 Å². The van der Waals surface area contributed by atoms with Gasteiger partial charge in [0.25, 0.3) is 5.91 Å². The smallest absolute Gasteiger partial charge is 0.257 e. The summed E-state index contributed by atoms with van der Waals surface area (Å²) in [5, 5.41) is 0. The molecule has 0 spiro atoms. The first kappa shape index (κ1) is 22.5. The molecule has 7 heteroatoms. The average molecular weight is 461 g/mol. The first-order valence-electron chi connectivity index (χ1n) is 11.8. The van der Waals surface area contributed by atoms with Gasteiger partial charge in [0.05, 0.1) is 17.8 Å². The van der Waals surface area contributed by atoms with Crippen molar-refractivity contribution in [3.05, 3.63) is 95.1 Å². The summed E-state index contributed by atoms with van der Waals surface area (Å²) >= 11 is 0. The number of piperazine rings is 1. The van der Waals surface area contributed by atoms with Crippen LogP contribution in [0, 0.1) is 5.82 Å². The average Bonchev–Trinajstić information content (AvgIpc) is 3.08. The molecule has 0 N–H and O–H groups in total. The van der Waals surface area contributed by atoms with Crippen molar-refractivity contribution in [3.8, 4) is 5.75 Å². The summed E-state index contributed by atoms with van der Waals surface area (Å²) in [6, 6.07) is 18.4. The fraction of sp³-hybridized carbons (Fsp3) is 0.333. The second-order valence-electron chi connectivity index (χ2n) is 8.87. The van der Waals surface area contributed by atoms with Crippen LogP contribution in [-0.4, -0.2) is 64.9 Å². The van der Waals surface area contributed by atoms with E-state index in [1.54, 1.807) is 17.0 Å². The summed E-state index contributed by atoms with van der Waals surface area (Å²) in [6.07, 6.45) is 1.85. The van der Waals surface area contributed by atoms with Gasteiger partial charge in [0.1, 0.15) is 18.2 Å². The first-order valence-corrected chi connectivity index (χ1v) is 11.8. The van der Waals surface area contributed by atoms with E-state index in [-0.39, 0.29) is 11.5 Å². The van der Waals surface area contributed by atoms with E-state index in [9.17, 15) is 9.18 Å². The largest absolute Gasteiger partial charge is 0.491 e. The number of pyridine rings is 1. The van der Waals surface area contributed by atoms with Crippen LogP contribution in [0.25, 0.3) is 0 Å². The van der Waals surface area contributed by atoms with Crippen LogP contribution in [0.4, 0.5) is 4.39 Å². The zero-order valence-corrected chi connectivity index (χ0v) is 19.2. The van der Waals surface area contributed by atoms with Crippen molar-refractivity contribution in [3.63, 3.8) is 0 Å². The van der Waals surface area contributed by atoms with Gasteiger partial charge in [-0.2, -0.15) is 0 Å². The van der Waals surface area contributed by atoms with Crippen molar-refractivity contribution < 1.29 is 13.9 Å². The molecule has 2 aromatic carbocycles. The molecule has 0 aliphatic carbocycles. The highest BCUT2D eigenvalue weighted by atomic mass is 19.1. The molecule has 0 bridgehead atoms. The van der Waals surface area contributed by atoms with Crippen molar-refractivity contribution in [1.29, 1.82) is 0 Å². The van der Waals surface area contributed by atoms with E-state index in [2.05, 4.69) is 33.0 Å². The van der Waals surface area contributed by atoms with Crippen molar-refractivity contribution >= 4 is 5.91 Å². The lowest BCUT2D eigenvalue weighted by Gasteiger charge is -2.34. The lowest BCUT2D eigenvalue weighted by atomic mass is 10.1. The van der Waals surface area contributed by atoms with Crippen molar-refractivity contribution in [2.45, 2.75) is 19.6 Å². The highest BCUT2D eigenvalue weighted by molar-refractivity contribution is 5.94. The Morgan fingerprint density at radius 1 is 0.912 bits per heavy atom. The molecule has 0 unspecified atom stereocenters. The molecular formula is C27H29FN4O2. The second kappa shape index (κ2) is 10.3. The summed E-state index contributed by atoms with van der Waals surface area (Å²) in [4.78, 5) is 24.0. The number of ether oxygens (including phenoxy) is 1. The molecule has 5 rings (SSSR count). The van der Waals surface area contributed by atoms with Gasteiger partial charge in [-0.1, -0.05) is 24.3 Å². The Bertz CT molecular complexity index is 1130. The van der Waals surface area contributed by atoms with E-state index in [1.165, 1.54) is 17.7 Å². The van der Waals surface area contributed by atoms with Crippen molar-refractivity contribution in [2.75, 3.05) is 39.3 Å². The second-order valence-corrected chi connectivity index (χ2v) is 8.87. The van der Waals surface area contributed by atoms with Gasteiger partial charge in [-0.25, -0.2) is 4.39 Å². The maximum Gasteiger partial charge on any atom is 0.257 e. The zero-order valence-electron chi connectivity index (χ0n) is 19.2. The quantitative estimate of drug-likeness (QED) is 0.583. The molecule has 3 heterocycles. The van der Waals surface area contributed by atoms with Crippen LogP contribution >= 0.6 is 0 Å². The SMILES string of the molecule is O=C(c1ccccc1F)N1CCOc2ccc(CN3CCN(Cc4ccccn4)CC3)cc2C1. The Balaban J connectivity index is 1.21. The summed E-state index contributed by atoms with van der Waals surface area (Å²) in [5.74, 6) is 0.00516. The topological polar surface area (TPSA) is 48.9 Å². The van der Waals surface area contributed by atoms with Crippen LogP contribution in [-0.2, 0) is 19.6 Å². The molecule has 2 aliphatic rings. The van der Waals surface area contributed by atoms with Crippen molar-refractivity contribution in [2.24, 2.45) is 0 Å². The molecule has 0 saturated carbocycles. The van der Waals surface area contributed by atoms with Crippen LogP contribution in [0.15, 0.2) is 66.9 Å². The zero-order chi connectivity index (χ0) is 23.3. The summed E-state index contributed by atoms with van der Waals surface area (Å²) < 4.78 is 20.1. The standard InChI is InChI=1S/C27H29FN4O2/c28-25-7-2-1-6-24(25)27(33)32-15-16-34-26-9-8-21(17-22(26)19-32)18-30-11-13-31(14-12-30)20-23-5-3-4-10-29-23/h1-10,17H,11-16,18-20H2. The van der Waals surface area contributed by atoms with Crippen molar-refractivity contribution in [1.82, 2.24) is 19.7 Å². The number of carbonyl (C=O) groups excluding carboxylic acids is 1. The third-order valence-corrected chi connectivity index (χ3v) is 6.48. The molecule has 6 nitrogen and oxygen atoms in total. The fourth-order valence-corrected chi connectivity index (χ4v) is 4.61. The number of halogens is 1. The Labute approximate surface area is 199 Å². The van der Waals surface area contributed by atoms with Gasteiger partial charge in [-0.05, 0) is 42.0 Å². The number of rotatable bonds is 5.